The molecule has 0 aliphatic heterocycles. The van der Waals surface area contributed by atoms with Crippen LogP contribution in [0.4, 0.5) is 5.69 Å². The summed E-state index contributed by atoms with van der Waals surface area (Å²) in [7, 11) is 0. The lowest BCUT2D eigenvalue weighted by molar-refractivity contribution is -0.115. The van der Waals surface area contributed by atoms with Crippen molar-refractivity contribution >= 4 is 17.6 Å². The summed E-state index contributed by atoms with van der Waals surface area (Å²) in [6.07, 6.45) is 6.79. The number of anilines is 1. The SMILES string of the molecule is Cc1ccc(NC(=O)CC2=CCCCC2)c(C(=O)O)c1. The number of allylic oxidation sites excluding steroid dienone is 1. The van der Waals surface area contributed by atoms with Crippen LogP contribution in [0.2, 0.25) is 0 Å². The molecule has 106 valence electrons. The van der Waals surface area contributed by atoms with Gasteiger partial charge in [-0.15, -0.1) is 0 Å². The average molecular weight is 273 g/mol. The van der Waals surface area contributed by atoms with Gasteiger partial charge < -0.3 is 10.4 Å². The highest BCUT2D eigenvalue weighted by molar-refractivity contribution is 6.01. The van der Waals surface area contributed by atoms with Crippen LogP contribution in [0.15, 0.2) is 29.8 Å². The number of nitrogens with one attached hydrogen (secondary N) is 1. The molecular weight excluding hydrogens is 254 g/mol. The first-order chi connectivity index (χ1) is 9.56. The van der Waals surface area contributed by atoms with E-state index in [1.165, 1.54) is 6.42 Å². The van der Waals surface area contributed by atoms with Crippen LogP contribution in [0.5, 0.6) is 0 Å². The van der Waals surface area contributed by atoms with Crippen LogP contribution in [0.3, 0.4) is 0 Å². The number of hydrogen-bond acceptors (Lipinski definition) is 2. The Hall–Kier alpha value is -2.10. The largest absolute Gasteiger partial charge is 0.478 e. The molecule has 1 aromatic carbocycles. The number of carbonyl (C=O) groups excluding carboxylic acids is 1. The van der Waals surface area contributed by atoms with Gasteiger partial charge in [-0.1, -0.05) is 23.3 Å². The second-order valence-corrected chi connectivity index (χ2v) is 5.19. The van der Waals surface area contributed by atoms with E-state index in [0.717, 1.165) is 30.4 Å². The number of benzene rings is 1. The van der Waals surface area contributed by atoms with Gasteiger partial charge in [0, 0.05) is 6.42 Å². The van der Waals surface area contributed by atoms with Crippen LogP contribution in [0.25, 0.3) is 0 Å². The molecule has 1 aliphatic rings. The molecule has 0 saturated carbocycles. The maximum Gasteiger partial charge on any atom is 0.337 e. The molecule has 20 heavy (non-hydrogen) atoms. The van der Waals surface area contributed by atoms with Gasteiger partial charge in [0.05, 0.1) is 11.3 Å². The predicted molar refractivity (Wildman–Crippen MR) is 77.9 cm³/mol. The number of hydrogen-bond donors (Lipinski definition) is 2. The van der Waals surface area contributed by atoms with Crippen LogP contribution in [-0.4, -0.2) is 17.0 Å². The number of carbonyl (C=O) groups is 2. The van der Waals surface area contributed by atoms with Crippen molar-refractivity contribution in [3.05, 3.63) is 41.0 Å². The molecule has 0 fully saturated rings. The van der Waals surface area contributed by atoms with Crippen molar-refractivity contribution in [2.75, 3.05) is 5.32 Å². The van der Waals surface area contributed by atoms with E-state index in [2.05, 4.69) is 11.4 Å². The smallest absolute Gasteiger partial charge is 0.337 e. The van der Waals surface area contributed by atoms with E-state index in [0.29, 0.717) is 12.1 Å². The fourth-order valence-electron chi connectivity index (χ4n) is 2.41. The topological polar surface area (TPSA) is 66.4 Å². The van der Waals surface area contributed by atoms with Gasteiger partial charge in [-0.05, 0) is 44.7 Å². The minimum Gasteiger partial charge on any atom is -0.478 e. The molecule has 0 aromatic heterocycles. The molecule has 0 spiro atoms. The highest BCUT2D eigenvalue weighted by Gasteiger charge is 2.14. The second-order valence-electron chi connectivity index (χ2n) is 5.19. The molecule has 0 heterocycles. The number of aryl methyl sites for hydroxylation is 1. The van der Waals surface area contributed by atoms with Crippen LogP contribution in [0, 0.1) is 6.92 Å². The van der Waals surface area contributed by atoms with Crippen LogP contribution in [-0.2, 0) is 4.79 Å². The Balaban J connectivity index is 2.07. The molecule has 0 radical (unpaired) electrons. The van der Waals surface area contributed by atoms with Crippen molar-refractivity contribution in [3.8, 4) is 0 Å². The monoisotopic (exact) mass is 273 g/mol. The summed E-state index contributed by atoms with van der Waals surface area (Å²) < 4.78 is 0. The second kappa shape index (κ2) is 6.37. The van der Waals surface area contributed by atoms with E-state index in [1.807, 2.05) is 6.92 Å². The Morgan fingerprint density at radius 3 is 2.75 bits per heavy atom. The van der Waals surface area contributed by atoms with Gasteiger partial charge >= 0.3 is 5.97 Å². The fraction of sp³-hybridized carbons (Fsp3) is 0.375. The number of aromatic carboxylic acids is 1. The molecule has 0 atom stereocenters. The van der Waals surface area contributed by atoms with Crippen LogP contribution < -0.4 is 5.32 Å². The predicted octanol–water partition coefficient (Wildman–Crippen LogP) is 3.52. The zero-order valence-electron chi connectivity index (χ0n) is 11.6. The van der Waals surface area contributed by atoms with E-state index in [-0.39, 0.29) is 11.5 Å². The molecule has 2 rings (SSSR count). The molecule has 4 nitrogen and oxygen atoms in total. The number of rotatable bonds is 4. The van der Waals surface area contributed by atoms with Crippen molar-refractivity contribution in [1.82, 2.24) is 0 Å². The lowest BCUT2D eigenvalue weighted by Crippen LogP contribution is -2.15. The van der Waals surface area contributed by atoms with E-state index in [1.54, 1.807) is 18.2 Å². The number of carboxylic acid groups (broad SMARTS) is 1. The summed E-state index contributed by atoms with van der Waals surface area (Å²) >= 11 is 0. The minimum absolute atomic E-state index is 0.135. The summed E-state index contributed by atoms with van der Waals surface area (Å²) in [6, 6.07) is 5.01. The van der Waals surface area contributed by atoms with Gasteiger partial charge in [0.2, 0.25) is 5.91 Å². The maximum absolute atomic E-state index is 12.0. The quantitative estimate of drug-likeness (QED) is 0.825. The van der Waals surface area contributed by atoms with Gasteiger partial charge in [-0.25, -0.2) is 4.79 Å². The lowest BCUT2D eigenvalue weighted by atomic mass is 9.97. The lowest BCUT2D eigenvalue weighted by Gasteiger charge is -2.13. The summed E-state index contributed by atoms with van der Waals surface area (Å²) in [5, 5.41) is 11.9. The molecule has 1 aromatic rings. The Morgan fingerprint density at radius 1 is 1.30 bits per heavy atom. The first-order valence-corrected chi connectivity index (χ1v) is 6.88. The van der Waals surface area contributed by atoms with Gasteiger partial charge in [0.15, 0.2) is 0 Å². The summed E-state index contributed by atoms with van der Waals surface area (Å²) in [5.74, 6) is -1.18. The summed E-state index contributed by atoms with van der Waals surface area (Å²) in [4.78, 5) is 23.2. The zero-order chi connectivity index (χ0) is 14.5. The van der Waals surface area contributed by atoms with E-state index in [9.17, 15) is 9.59 Å². The molecule has 2 N–H and O–H groups in total. The van der Waals surface area contributed by atoms with Crippen molar-refractivity contribution in [2.24, 2.45) is 0 Å². The third-order valence-electron chi connectivity index (χ3n) is 3.45. The van der Waals surface area contributed by atoms with E-state index < -0.39 is 5.97 Å². The van der Waals surface area contributed by atoms with Crippen molar-refractivity contribution < 1.29 is 14.7 Å². The normalized spacial score (nSPS) is 14.6. The molecule has 0 bridgehead atoms. The highest BCUT2D eigenvalue weighted by Crippen LogP contribution is 2.22. The van der Waals surface area contributed by atoms with Gasteiger partial charge in [0.1, 0.15) is 0 Å². The average Bonchev–Trinajstić information content (AvgIpc) is 2.41. The molecule has 0 saturated heterocycles. The van der Waals surface area contributed by atoms with E-state index >= 15 is 0 Å². The first-order valence-electron chi connectivity index (χ1n) is 6.88. The number of amides is 1. The molecule has 1 aliphatic carbocycles. The zero-order valence-corrected chi connectivity index (χ0v) is 11.6. The van der Waals surface area contributed by atoms with Crippen molar-refractivity contribution in [3.63, 3.8) is 0 Å². The minimum atomic E-state index is -1.03. The first kappa shape index (κ1) is 14.3. The Labute approximate surface area is 118 Å². The fourth-order valence-corrected chi connectivity index (χ4v) is 2.41. The Morgan fingerprint density at radius 2 is 2.10 bits per heavy atom. The molecular formula is C16H19NO3. The molecule has 0 unspecified atom stereocenters. The molecule has 1 amide bonds. The third-order valence-corrected chi connectivity index (χ3v) is 3.45. The van der Waals surface area contributed by atoms with Crippen molar-refractivity contribution in [1.29, 1.82) is 0 Å². The third kappa shape index (κ3) is 3.70. The maximum atomic E-state index is 12.0. The van der Waals surface area contributed by atoms with E-state index in [4.69, 9.17) is 5.11 Å². The summed E-state index contributed by atoms with van der Waals surface area (Å²) in [5.41, 5.74) is 2.51. The standard InChI is InChI=1S/C16H19NO3/c1-11-7-8-14(13(9-11)16(19)20)17-15(18)10-12-5-3-2-4-6-12/h5,7-9H,2-4,6,10H2,1H3,(H,17,18)(H,19,20). The van der Waals surface area contributed by atoms with Crippen LogP contribution in [0.1, 0.15) is 48.0 Å². The molecule has 4 heteroatoms. The van der Waals surface area contributed by atoms with Gasteiger partial charge in [-0.3, -0.25) is 4.79 Å². The van der Waals surface area contributed by atoms with Gasteiger partial charge in [0.25, 0.3) is 0 Å². The summed E-state index contributed by atoms with van der Waals surface area (Å²) in [6.45, 7) is 1.82. The van der Waals surface area contributed by atoms with Crippen molar-refractivity contribution in [2.45, 2.75) is 39.0 Å². The Kier molecular flexibility index (Phi) is 4.56. The number of carboxylic acids is 1. The highest BCUT2D eigenvalue weighted by atomic mass is 16.4. The Bertz CT molecular complexity index is 561. The van der Waals surface area contributed by atoms with Gasteiger partial charge in [-0.2, -0.15) is 0 Å². The van der Waals surface area contributed by atoms with Crippen LogP contribution >= 0.6 is 0 Å².